The second-order valence-electron chi connectivity index (χ2n) is 5.15. The molecule has 3 rings (SSSR count). The van der Waals surface area contributed by atoms with Crippen LogP contribution in [0.1, 0.15) is 16.5 Å². The zero-order chi connectivity index (χ0) is 17.5. The lowest BCUT2D eigenvalue weighted by Gasteiger charge is -2.25. The van der Waals surface area contributed by atoms with Crippen LogP contribution >= 0.6 is 35.0 Å². The Morgan fingerprint density at radius 1 is 1.08 bits per heavy atom. The molecule has 0 saturated carbocycles. The number of carbonyl (C=O) groups excluding carboxylic acids is 1. The van der Waals surface area contributed by atoms with Crippen LogP contribution < -0.4 is 4.90 Å². The Morgan fingerprint density at radius 3 is 2.50 bits per heavy atom. The van der Waals surface area contributed by atoms with Gasteiger partial charge >= 0.3 is 6.18 Å². The average molecular weight is 392 g/mol. The van der Waals surface area contributed by atoms with Crippen molar-refractivity contribution in [2.75, 3.05) is 10.7 Å². The molecule has 1 fully saturated rings. The van der Waals surface area contributed by atoms with Gasteiger partial charge in [0.15, 0.2) is 0 Å². The van der Waals surface area contributed by atoms with E-state index in [9.17, 15) is 18.0 Å². The average Bonchev–Trinajstić information content (AvgIpc) is 2.91. The lowest BCUT2D eigenvalue weighted by Crippen LogP contribution is -2.28. The molecule has 1 aliphatic heterocycles. The van der Waals surface area contributed by atoms with Gasteiger partial charge in [-0.25, -0.2) is 0 Å². The molecule has 24 heavy (non-hydrogen) atoms. The predicted octanol–water partition coefficient (Wildman–Crippen LogP) is 5.79. The highest BCUT2D eigenvalue weighted by Gasteiger charge is 2.36. The summed E-state index contributed by atoms with van der Waals surface area (Å²) >= 11 is 13.1. The van der Waals surface area contributed by atoms with Crippen molar-refractivity contribution in [3.8, 4) is 0 Å². The first kappa shape index (κ1) is 17.5. The van der Waals surface area contributed by atoms with E-state index in [1.165, 1.54) is 28.8 Å². The molecule has 2 aromatic rings. The number of thioether (sulfide) groups is 1. The fourth-order valence-corrected chi connectivity index (χ4v) is 3.91. The molecule has 1 atom stereocenters. The van der Waals surface area contributed by atoms with Crippen LogP contribution in [0.4, 0.5) is 18.9 Å². The zero-order valence-corrected chi connectivity index (χ0v) is 14.3. The minimum Gasteiger partial charge on any atom is -0.295 e. The van der Waals surface area contributed by atoms with Crippen LogP contribution in [-0.2, 0) is 11.0 Å². The van der Waals surface area contributed by atoms with E-state index in [0.717, 1.165) is 12.1 Å². The maximum Gasteiger partial charge on any atom is 0.416 e. The van der Waals surface area contributed by atoms with Gasteiger partial charge in [0.2, 0.25) is 5.91 Å². The molecule has 2 nitrogen and oxygen atoms in total. The minimum atomic E-state index is -4.43. The van der Waals surface area contributed by atoms with E-state index >= 15 is 0 Å². The largest absolute Gasteiger partial charge is 0.416 e. The quantitative estimate of drug-likeness (QED) is 0.645. The number of rotatable bonds is 2. The molecular weight excluding hydrogens is 382 g/mol. The van der Waals surface area contributed by atoms with E-state index in [-0.39, 0.29) is 16.7 Å². The van der Waals surface area contributed by atoms with E-state index in [1.807, 2.05) is 0 Å². The van der Waals surface area contributed by atoms with Gasteiger partial charge in [-0.3, -0.25) is 9.69 Å². The van der Waals surface area contributed by atoms with Crippen molar-refractivity contribution in [1.29, 1.82) is 0 Å². The molecule has 2 aromatic carbocycles. The summed E-state index contributed by atoms with van der Waals surface area (Å²) in [5.41, 5.74) is 0.169. The van der Waals surface area contributed by atoms with Crippen LogP contribution in [0.25, 0.3) is 0 Å². The first-order valence-corrected chi connectivity index (χ1v) is 8.64. The van der Waals surface area contributed by atoms with Crippen molar-refractivity contribution in [2.45, 2.75) is 11.6 Å². The molecular formula is C16H10Cl2F3NOS. The Kier molecular flexibility index (Phi) is 4.73. The van der Waals surface area contributed by atoms with Crippen molar-refractivity contribution < 1.29 is 18.0 Å². The van der Waals surface area contributed by atoms with Crippen molar-refractivity contribution in [3.63, 3.8) is 0 Å². The molecule has 0 spiro atoms. The molecule has 0 aromatic heterocycles. The lowest BCUT2D eigenvalue weighted by atomic mass is 10.1. The van der Waals surface area contributed by atoms with Gasteiger partial charge in [0.25, 0.3) is 0 Å². The lowest BCUT2D eigenvalue weighted by molar-refractivity contribution is -0.137. The standard InChI is InChI=1S/C16H10Cl2F3NOS/c17-12-5-4-11(7-13(12)18)22-14(23)8-24-15(22)9-2-1-3-10(6-9)16(19,20)21/h1-7,15H,8H2. The Balaban J connectivity index is 2.01. The highest BCUT2D eigenvalue weighted by molar-refractivity contribution is 8.00. The van der Waals surface area contributed by atoms with E-state index in [4.69, 9.17) is 23.2 Å². The number of anilines is 1. The van der Waals surface area contributed by atoms with E-state index < -0.39 is 17.1 Å². The Labute approximate surface area is 150 Å². The number of benzene rings is 2. The summed E-state index contributed by atoms with van der Waals surface area (Å²) < 4.78 is 38.8. The SMILES string of the molecule is O=C1CSC(c2cccc(C(F)(F)F)c2)N1c1ccc(Cl)c(Cl)c1. The molecule has 0 N–H and O–H groups in total. The van der Waals surface area contributed by atoms with Gasteiger partial charge in [0.05, 0.1) is 21.4 Å². The number of nitrogens with zero attached hydrogens (tertiary/aromatic N) is 1. The molecule has 1 heterocycles. The van der Waals surface area contributed by atoms with Gasteiger partial charge < -0.3 is 0 Å². The van der Waals surface area contributed by atoms with Gasteiger partial charge in [-0.2, -0.15) is 13.2 Å². The van der Waals surface area contributed by atoms with Gasteiger partial charge in [-0.05, 0) is 35.9 Å². The smallest absolute Gasteiger partial charge is 0.295 e. The van der Waals surface area contributed by atoms with Crippen molar-refractivity contribution >= 4 is 46.6 Å². The Morgan fingerprint density at radius 2 is 1.83 bits per heavy atom. The third kappa shape index (κ3) is 3.36. The molecule has 1 aliphatic rings. The number of alkyl halides is 3. The molecule has 0 radical (unpaired) electrons. The Hall–Kier alpha value is -1.37. The van der Waals surface area contributed by atoms with Gasteiger partial charge in [-0.15, -0.1) is 11.8 Å². The van der Waals surface area contributed by atoms with E-state index in [1.54, 1.807) is 18.2 Å². The first-order valence-electron chi connectivity index (χ1n) is 6.83. The van der Waals surface area contributed by atoms with Crippen LogP contribution in [0, 0.1) is 0 Å². The van der Waals surface area contributed by atoms with Crippen molar-refractivity contribution in [1.82, 2.24) is 0 Å². The summed E-state index contributed by atoms with van der Waals surface area (Å²) in [6.07, 6.45) is -4.43. The van der Waals surface area contributed by atoms with Crippen LogP contribution in [0.2, 0.25) is 10.0 Å². The molecule has 8 heteroatoms. The summed E-state index contributed by atoms with van der Waals surface area (Å²) in [6, 6.07) is 9.71. The number of halogens is 5. The van der Waals surface area contributed by atoms with Gasteiger partial charge in [0.1, 0.15) is 5.37 Å². The monoisotopic (exact) mass is 391 g/mol. The molecule has 0 aliphatic carbocycles. The summed E-state index contributed by atoms with van der Waals surface area (Å²) in [7, 11) is 0. The van der Waals surface area contributed by atoms with Crippen LogP contribution in [-0.4, -0.2) is 11.7 Å². The normalized spacial score (nSPS) is 18.3. The van der Waals surface area contributed by atoms with E-state index in [2.05, 4.69) is 0 Å². The van der Waals surface area contributed by atoms with E-state index in [0.29, 0.717) is 16.3 Å². The highest BCUT2D eigenvalue weighted by Crippen LogP contribution is 2.44. The van der Waals surface area contributed by atoms with Crippen molar-refractivity contribution in [3.05, 3.63) is 63.6 Å². The number of hydrogen-bond acceptors (Lipinski definition) is 2. The number of carbonyl (C=O) groups is 1. The summed E-state index contributed by atoms with van der Waals surface area (Å²) in [5.74, 6) is -0.0120. The molecule has 126 valence electrons. The summed E-state index contributed by atoms with van der Waals surface area (Å²) in [6.45, 7) is 0. The topological polar surface area (TPSA) is 20.3 Å². The number of hydrogen-bond donors (Lipinski definition) is 0. The summed E-state index contributed by atoms with van der Waals surface area (Å²) in [5, 5.41) is 0.0778. The maximum atomic E-state index is 12.9. The number of amides is 1. The Bertz CT molecular complexity index is 797. The van der Waals surface area contributed by atoms with Crippen LogP contribution in [0.3, 0.4) is 0 Å². The van der Waals surface area contributed by atoms with Crippen molar-refractivity contribution in [2.24, 2.45) is 0 Å². The highest BCUT2D eigenvalue weighted by atomic mass is 35.5. The third-order valence-electron chi connectivity index (χ3n) is 3.55. The van der Waals surface area contributed by atoms with Gasteiger partial charge in [-0.1, -0.05) is 35.3 Å². The fraction of sp³-hybridized carbons (Fsp3) is 0.188. The molecule has 1 amide bonds. The second-order valence-corrected chi connectivity index (χ2v) is 7.03. The minimum absolute atomic E-state index is 0.182. The fourth-order valence-electron chi connectivity index (χ4n) is 2.45. The third-order valence-corrected chi connectivity index (χ3v) is 5.50. The zero-order valence-electron chi connectivity index (χ0n) is 12.0. The molecule has 1 unspecified atom stereocenters. The van der Waals surface area contributed by atoms with Crippen LogP contribution in [0.5, 0.6) is 0 Å². The van der Waals surface area contributed by atoms with Crippen LogP contribution in [0.15, 0.2) is 42.5 Å². The molecule has 1 saturated heterocycles. The second kappa shape index (κ2) is 6.50. The molecule has 0 bridgehead atoms. The summed E-state index contributed by atoms with van der Waals surface area (Å²) in [4.78, 5) is 13.7. The maximum absolute atomic E-state index is 12.9. The predicted molar refractivity (Wildman–Crippen MR) is 90.6 cm³/mol. The van der Waals surface area contributed by atoms with Gasteiger partial charge in [0, 0.05) is 5.69 Å². The first-order chi connectivity index (χ1) is 11.3.